The Kier molecular flexibility index (Phi) is 5.70. The summed E-state index contributed by atoms with van der Waals surface area (Å²) in [5.41, 5.74) is 1.06. The smallest absolute Gasteiger partial charge is 0.194 e. The highest BCUT2D eigenvalue weighted by Gasteiger charge is 2.20. The van der Waals surface area contributed by atoms with Gasteiger partial charge in [-0.1, -0.05) is 0 Å². The lowest BCUT2D eigenvalue weighted by atomic mass is 10.2. The largest absolute Gasteiger partial charge is 0.368 e. The third-order valence-electron chi connectivity index (χ3n) is 4.66. The number of aromatic nitrogens is 3. The standard InChI is InChI=1S/C18H26FN7/c1-4-20-18(21-13-17-23-22-14(2)24(17)3)26-11-9-25(10-12-26)16-7-5-15(19)6-8-16/h5-8H,4,9-13H2,1-3H3,(H,20,21). The average molecular weight is 359 g/mol. The van der Waals surface area contributed by atoms with Crippen LogP contribution in [-0.2, 0) is 13.6 Å². The highest BCUT2D eigenvalue weighted by molar-refractivity contribution is 5.80. The Hall–Kier alpha value is -2.64. The summed E-state index contributed by atoms with van der Waals surface area (Å²) in [5, 5.41) is 11.6. The van der Waals surface area contributed by atoms with E-state index in [9.17, 15) is 4.39 Å². The third kappa shape index (κ3) is 4.12. The molecule has 1 aliphatic heterocycles. The van der Waals surface area contributed by atoms with Crippen molar-refractivity contribution < 1.29 is 4.39 Å². The summed E-state index contributed by atoms with van der Waals surface area (Å²) in [4.78, 5) is 9.26. The molecular weight excluding hydrogens is 333 g/mol. The quantitative estimate of drug-likeness (QED) is 0.663. The van der Waals surface area contributed by atoms with Crippen LogP contribution in [0.1, 0.15) is 18.6 Å². The minimum atomic E-state index is -0.201. The van der Waals surface area contributed by atoms with E-state index in [1.165, 1.54) is 12.1 Å². The van der Waals surface area contributed by atoms with E-state index in [-0.39, 0.29) is 5.82 Å². The van der Waals surface area contributed by atoms with Gasteiger partial charge in [0.1, 0.15) is 18.2 Å². The Balaban J connectivity index is 1.63. The molecule has 7 nitrogen and oxygen atoms in total. The molecule has 2 heterocycles. The molecule has 1 aromatic heterocycles. The molecular formula is C18H26FN7. The van der Waals surface area contributed by atoms with Gasteiger partial charge >= 0.3 is 0 Å². The van der Waals surface area contributed by atoms with E-state index in [0.717, 1.165) is 56.0 Å². The van der Waals surface area contributed by atoms with Crippen LogP contribution in [0.2, 0.25) is 0 Å². The molecule has 0 amide bonds. The molecule has 1 fully saturated rings. The first-order valence-electron chi connectivity index (χ1n) is 8.97. The molecule has 8 heteroatoms. The molecule has 1 aromatic carbocycles. The van der Waals surface area contributed by atoms with Gasteiger partial charge in [0.2, 0.25) is 0 Å². The van der Waals surface area contributed by atoms with Crippen molar-refractivity contribution in [3.8, 4) is 0 Å². The summed E-state index contributed by atoms with van der Waals surface area (Å²) < 4.78 is 15.1. The van der Waals surface area contributed by atoms with Gasteiger partial charge in [0.05, 0.1) is 0 Å². The molecule has 26 heavy (non-hydrogen) atoms. The van der Waals surface area contributed by atoms with E-state index in [2.05, 4.69) is 32.2 Å². The van der Waals surface area contributed by atoms with Crippen molar-refractivity contribution in [2.24, 2.45) is 12.0 Å². The Morgan fingerprint density at radius 2 is 1.85 bits per heavy atom. The van der Waals surface area contributed by atoms with Crippen LogP contribution in [0.3, 0.4) is 0 Å². The normalized spacial score (nSPS) is 15.5. The first-order valence-corrected chi connectivity index (χ1v) is 8.97. The van der Waals surface area contributed by atoms with Gasteiger partial charge < -0.3 is 19.7 Å². The van der Waals surface area contributed by atoms with E-state index in [4.69, 9.17) is 4.99 Å². The van der Waals surface area contributed by atoms with Crippen LogP contribution in [0, 0.1) is 12.7 Å². The molecule has 0 bridgehead atoms. The molecule has 0 aliphatic carbocycles. The Morgan fingerprint density at radius 1 is 1.15 bits per heavy atom. The third-order valence-corrected chi connectivity index (χ3v) is 4.66. The van der Waals surface area contributed by atoms with E-state index in [1.54, 1.807) is 0 Å². The van der Waals surface area contributed by atoms with Crippen LogP contribution in [0.5, 0.6) is 0 Å². The number of anilines is 1. The van der Waals surface area contributed by atoms with Crippen molar-refractivity contribution in [1.29, 1.82) is 0 Å². The summed E-state index contributed by atoms with van der Waals surface area (Å²) in [7, 11) is 1.95. The highest BCUT2D eigenvalue weighted by atomic mass is 19.1. The number of halogens is 1. The number of hydrogen-bond acceptors (Lipinski definition) is 4. The first-order chi connectivity index (χ1) is 12.6. The van der Waals surface area contributed by atoms with Crippen molar-refractivity contribution in [2.45, 2.75) is 20.4 Å². The maximum Gasteiger partial charge on any atom is 0.194 e. The predicted octanol–water partition coefficient (Wildman–Crippen LogP) is 1.55. The second-order valence-electron chi connectivity index (χ2n) is 6.34. The topological polar surface area (TPSA) is 61.6 Å². The van der Waals surface area contributed by atoms with Crippen molar-refractivity contribution in [3.63, 3.8) is 0 Å². The molecule has 0 spiro atoms. The summed E-state index contributed by atoms with van der Waals surface area (Å²) in [6, 6.07) is 6.69. The van der Waals surface area contributed by atoms with Crippen LogP contribution in [0.4, 0.5) is 10.1 Å². The molecule has 0 saturated carbocycles. The Bertz CT molecular complexity index is 745. The van der Waals surface area contributed by atoms with Gasteiger partial charge in [-0.05, 0) is 38.1 Å². The molecule has 1 aliphatic rings. The Labute approximate surface area is 153 Å². The SMILES string of the molecule is CCNC(=NCc1nnc(C)n1C)N1CCN(c2ccc(F)cc2)CC1. The maximum atomic E-state index is 13.1. The zero-order valence-corrected chi connectivity index (χ0v) is 15.6. The lowest BCUT2D eigenvalue weighted by molar-refractivity contribution is 0.372. The molecule has 3 rings (SSSR count). The van der Waals surface area contributed by atoms with E-state index < -0.39 is 0 Å². The number of aryl methyl sites for hydroxylation is 1. The zero-order valence-electron chi connectivity index (χ0n) is 15.6. The summed E-state index contributed by atoms with van der Waals surface area (Å²) in [6.45, 7) is 8.78. The minimum Gasteiger partial charge on any atom is -0.368 e. The molecule has 0 atom stereocenters. The minimum absolute atomic E-state index is 0.201. The summed E-state index contributed by atoms with van der Waals surface area (Å²) in [5.74, 6) is 2.43. The first kappa shape index (κ1) is 18.2. The fraction of sp³-hybridized carbons (Fsp3) is 0.500. The zero-order chi connectivity index (χ0) is 18.5. The molecule has 1 saturated heterocycles. The van der Waals surface area contributed by atoms with Gasteiger partial charge in [-0.15, -0.1) is 10.2 Å². The number of aliphatic imine (C=N–C) groups is 1. The van der Waals surface area contributed by atoms with E-state index >= 15 is 0 Å². The number of nitrogens with one attached hydrogen (secondary N) is 1. The number of nitrogens with zero attached hydrogens (tertiary/aromatic N) is 6. The van der Waals surface area contributed by atoms with Crippen molar-refractivity contribution in [1.82, 2.24) is 25.0 Å². The monoisotopic (exact) mass is 359 g/mol. The van der Waals surface area contributed by atoms with Crippen molar-refractivity contribution in [3.05, 3.63) is 41.7 Å². The van der Waals surface area contributed by atoms with Gasteiger partial charge in [0.25, 0.3) is 0 Å². The van der Waals surface area contributed by atoms with Crippen molar-refractivity contribution in [2.75, 3.05) is 37.6 Å². The number of benzene rings is 1. The lowest BCUT2D eigenvalue weighted by Gasteiger charge is -2.37. The van der Waals surface area contributed by atoms with E-state index in [0.29, 0.717) is 6.54 Å². The highest BCUT2D eigenvalue weighted by Crippen LogP contribution is 2.17. The van der Waals surface area contributed by atoms with Crippen LogP contribution in [0.25, 0.3) is 0 Å². The number of guanidine groups is 1. The fourth-order valence-corrected chi connectivity index (χ4v) is 2.99. The number of hydrogen-bond donors (Lipinski definition) is 1. The molecule has 0 radical (unpaired) electrons. The van der Waals surface area contributed by atoms with Gasteiger partial charge in [-0.2, -0.15) is 0 Å². The van der Waals surface area contributed by atoms with Crippen LogP contribution in [-0.4, -0.2) is 58.3 Å². The molecule has 0 unspecified atom stereocenters. The molecule has 140 valence electrons. The summed E-state index contributed by atoms with van der Waals surface area (Å²) in [6.07, 6.45) is 0. The maximum absolute atomic E-state index is 13.1. The van der Waals surface area contributed by atoms with Gasteiger partial charge in [-0.25, -0.2) is 9.38 Å². The molecule has 1 N–H and O–H groups in total. The van der Waals surface area contributed by atoms with Gasteiger partial charge in [0.15, 0.2) is 11.8 Å². The second kappa shape index (κ2) is 8.16. The van der Waals surface area contributed by atoms with E-state index in [1.807, 2.05) is 30.7 Å². The van der Waals surface area contributed by atoms with Crippen LogP contribution < -0.4 is 10.2 Å². The van der Waals surface area contributed by atoms with Crippen LogP contribution >= 0.6 is 0 Å². The van der Waals surface area contributed by atoms with Crippen LogP contribution in [0.15, 0.2) is 29.3 Å². The second-order valence-corrected chi connectivity index (χ2v) is 6.34. The van der Waals surface area contributed by atoms with Gasteiger partial charge in [-0.3, -0.25) is 0 Å². The molecule has 2 aromatic rings. The number of rotatable bonds is 4. The Morgan fingerprint density at radius 3 is 2.42 bits per heavy atom. The average Bonchev–Trinajstić information content (AvgIpc) is 2.98. The fourth-order valence-electron chi connectivity index (χ4n) is 2.99. The van der Waals surface area contributed by atoms with Gasteiger partial charge in [0, 0.05) is 45.5 Å². The summed E-state index contributed by atoms with van der Waals surface area (Å²) >= 11 is 0. The lowest BCUT2D eigenvalue weighted by Crippen LogP contribution is -2.52. The predicted molar refractivity (Wildman–Crippen MR) is 101 cm³/mol. The number of piperazine rings is 1. The van der Waals surface area contributed by atoms with Crippen molar-refractivity contribution >= 4 is 11.6 Å².